The predicted molar refractivity (Wildman–Crippen MR) is 90.2 cm³/mol. The first-order chi connectivity index (χ1) is 12.1. The molecule has 0 aliphatic carbocycles. The molecule has 0 atom stereocenters. The summed E-state index contributed by atoms with van der Waals surface area (Å²) in [5.41, 5.74) is 1.46. The first-order valence-corrected chi connectivity index (χ1v) is 7.51. The lowest BCUT2D eigenvalue weighted by atomic mass is 10.2. The van der Waals surface area contributed by atoms with Crippen LogP contribution < -0.4 is 0 Å². The second-order valence-corrected chi connectivity index (χ2v) is 5.39. The fourth-order valence-corrected chi connectivity index (χ4v) is 2.65. The Kier molecular flexibility index (Phi) is 4.56. The van der Waals surface area contributed by atoms with Gasteiger partial charge >= 0.3 is 5.97 Å². The van der Waals surface area contributed by atoms with E-state index in [1.165, 1.54) is 6.07 Å². The Labute approximate surface area is 142 Å². The van der Waals surface area contributed by atoms with Crippen LogP contribution in [-0.2, 0) is 22.7 Å². The van der Waals surface area contributed by atoms with Crippen LogP contribution in [0.1, 0.15) is 15.9 Å². The van der Waals surface area contributed by atoms with Crippen molar-refractivity contribution >= 4 is 28.8 Å². The number of hydrogen-bond donors (Lipinski definition) is 0. The molecule has 126 valence electrons. The van der Waals surface area contributed by atoms with Crippen LogP contribution in [0.3, 0.4) is 0 Å². The first kappa shape index (κ1) is 16.4. The zero-order valence-corrected chi connectivity index (χ0v) is 13.1. The van der Waals surface area contributed by atoms with Crippen LogP contribution in [0, 0.1) is 10.1 Å². The number of fused-ring (bicyclic) bond motifs is 1. The number of nitrogens with zero attached hydrogens (tertiary/aromatic N) is 2. The van der Waals surface area contributed by atoms with Crippen LogP contribution in [0.2, 0.25) is 0 Å². The third-order valence-electron chi connectivity index (χ3n) is 3.82. The molecule has 7 nitrogen and oxygen atoms in total. The van der Waals surface area contributed by atoms with E-state index in [1.807, 2.05) is 12.1 Å². The molecule has 0 bridgehead atoms. The summed E-state index contributed by atoms with van der Waals surface area (Å²) in [4.78, 5) is 33.7. The number of carbonyl (C=O) groups is 2. The molecule has 25 heavy (non-hydrogen) atoms. The minimum absolute atomic E-state index is 0.0883. The van der Waals surface area contributed by atoms with Crippen molar-refractivity contribution in [2.45, 2.75) is 13.2 Å². The van der Waals surface area contributed by atoms with Crippen LogP contribution in [-0.4, -0.2) is 21.7 Å². The number of para-hydroxylation sites is 2. The van der Waals surface area contributed by atoms with Gasteiger partial charge in [0.1, 0.15) is 13.2 Å². The highest BCUT2D eigenvalue weighted by molar-refractivity contribution is 5.98. The summed E-state index contributed by atoms with van der Waals surface area (Å²) in [7, 11) is 0. The number of esters is 1. The summed E-state index contributed by atoms with van der Waals surface area (Å²) >= 11 is 0. The standard InChI is InChI=1S/C18H14N2O5/c21-11-14-9-19(17-8-4-2-6-15(14)17)10-18(22)25-12-13-5-1-3-7-16(13)20(23)24/h1-9,11H,10,12H2. The molecular weight excluding hydrogens is 324 g/mol. The number of carbonyl (C=O) groups excluding carboxylic acids is 2. The summed E-state index contributed by atoms with van der Waals surface area (Å²) in [5.74, 6) is -0.545. The summed E-state index contributed by atoms with van der Waals surface area (Å²) in [6, 6.07) is 13.3. The van der Waals surface area contributed by atoms with Gasteiger partial charge in [0, 0.05) is 28.7 Å². The number of nitro groups is 1. The van der Waals surface area contributed by atoms with Gasteiger partial charge in [0.15, 0.2) is 6.29 Å². The Morgan fingerprint density at radius 1 is 1.16 bits per heavy atom. The maximum atomic E-state index is 12.1. The highest BCUT2D eigenvalue weighted by Gasteiger charge is 2.15. The molecule has 0 aliphatic rings. The zero-order valence-electron chi connectivity index (χ0n) is 13.1. The number of benzene rings is 2. The molecule has 7 heteroatoms. The highest BCUT2D eigenvalue weighted by atomic mass is 16.6. The molecule has 0 saturated carbocycles. The number of aromatic nitrogens is 1. The maximum Gasteiger partial charge on any atom is 0.326 e. The average Bonchev–Trinajstić information content (AvgIpc) is 2.98. The van der Waals surface area contributed by atoms with E-state index in [1.54, 1.807) is 41.1 Å². The van der Waals surface area contributed by atoms with Gasteiger partial charge in [-0.25, -0.2) is 0 Å². The van der Waals surface area contributed by atoms with Crippen molar-refractivity contribution in [2.75, 3.05) is 0 Å². The number of aldehydes is 1. The van der Waals surface area contributed by atoms with Crippen LogP contribution >= 0.6 is 0 Å². The number of hydrogen-bond acceptors (Lipinski definition) is 5. The molecule has 0 radical (unpaired) electrons. The number of nitro benzene ring substituents is 1. The zero-order chi connectivity index (χ0) is 17.8. The van der Waals surface area contributed by atoms with Gasteiger partial charge in [-0.2, -0.15) is 0 Å². The summed E-state index contributed by atoms with van der Waals surface area (Å²) in [6.45, 7) is -0.273. The van der Waals surface area contributed by atoms with E-state index in [9.17, 15) is 19.7 Å². The maximum absolute atomic E-state index is 12.1. The second kappa shape index (κ2) is 6.96. The van der Waals surface area contributed by atoms with Gasteiger partial charge in [0.25, 0.3) is 5.69 Å². The predicted octanol–water partition coefficient (Wildman–Crippen LogP) is 3.11. The van der Waals surface area contributed by atoms with Gasteiger partial charge in [0.2, 0.25) is 0 Å². The van der Waals surface area contributed by atoms with Gasteiger partial charge < -0.3 is 9.30 Å². The van der Waals surface area contributed by atoms with Crippen molar-refractivity contribution in [1.82, 2.24) is 4.57 Å². The summed E-state index contributed by atoms with van der Waals surface area (Å²) < 4.78 is 6.79. The largest absolute Gasteiger partial charge is 0.459 e. The molecule has 2 aromatic carbocycles. The van der Waals surface area contributed by atoms with E-state index in [0.717, 1.165) is 17.2 Å². The Morgan fingerprint density at radius 2 is 1.88 bits per heavy atom. The van der Waals surface area contributed by atoms with E-state index in [-0.39, 0.29) is 18.8 Å². The van der Waals surface area contributed by atoms with Crippen LogP contribution in [0.15, 0.2) is 54.7 Å². The molecule has 0 saturated heterocycles. The van der Waals surface area contributed by atoms with Crippen LogP contribution in [0.5, 0.6) is 0 Å². The fourth-order valence-electron chi connectivity index (χ4n) is 2.65. The van der Waals surface area contributed by atoms with E-state index in [4.69, 9.17) is 4.74 Å². The van der Waals surface area contributed by atoms with E-state index in [2.05, 4.69) is 0 Å². The lowest BCUT2D eigenvalue weighted by molar-refractivity contribution is -0.385. The van der Waals surface area contributed by atoms with Crippen molar-refractivity contribution in [3.8, 4) is 0 Å². The van der Waals surface area contributed by atoms with Crippen LogP contribution in [0.4, 0.5) is 5.69 Å². The fraction of sp³-hybridized carbons (Fsp3) is 0.111. The normalized spacial score (nSPS) is 10.6. The molecule has 3 rings (SSSR count). The van der Waals surface area contributed by atoms with Gasteiger partial charge in [0.05, 0.1) is 10.5 Å². The van der Waals surface area contributed by atoms with Gasteiger partial charge in [-0.1, -0.05) is 30.3 Å². The number of ether oxygens (including phenoxy) is 1. The van der Waals surface area contributed by atoms with Crippen molar-refractivity contribution in [1.29, 1.82) is 0 Å². The van der Waals surface area contributed by atoms with E-state index in [0.29, 0.717) is 11.1 Å². The molecule has 1 heterocycles. The number of rotatable bonds is 6. The third-order valence-corrected chi connectivity index (χ3v) is 3.82. The Morgan fingerprint density at radius 3 is 2.64 bits per heavy atom. The average molecular weight is 338 g/mol. The quantitative estimate of drug-likeness (QED) is 0.298. The van der Waals surface area contributed by atoms with Crippen molar-refractivity contribution in [2.24, 2.45) is 0 Å². The lowest BCUT2D eigenvalue weighted by Gasteiger charge is -2.07. The molecule has 0 unspecified atom stereocenters. The SMILES string of the molecule is O=Cc1cn(CC(=O)OCc2ccccc2[N+](=O)[O-])c2ccccc12. The second-order valence-electron chi connectivity index (χ2n) is 5.39. The van der Waals surface area contributed by atoms with E-state index >= 15 is 0 Å². The molecule has 0 amide bonds. The minimum atomic E-state index is -0.545. The van der Waals surface area contributed by atoms with Gasteiger partial charge in [-0.05, 0) is 12.1 Å². The monoisotopic (exact) mass is 338 g/mol. The Hall–Kier alpha value is -3.48. The van der Waals surface area contributed by atoms with Gasteiger partial charge in [-0.15, -0.1) is 0 Å². The van der Waals surface area contributed by atoms with Gasteiger partial charge in [-0.3, -0.25) is 19.7 Å². The molecule has 1 aromatic heterocycles. The minimum Gasteiger partial charge on any atom is -0.459 e. The third kappa shape index (κ3) is 3.40. The molecule has 0 N–H and O–H groups in total. The topological polar surface area (TPSA) is 91.4 Å². The van der Waals surface area contributed by atoms with E-state index < -0.39 is 10.9 Å². The summed E-state index contributed by atoms with van der Waals surface area (Å²) in [5, 5.41) is 11.7. The van der Waals surface area contributed by atoms with Crippen molar-refractivity contribution < 1.29 is 19.2 Å². The molecule has 0 spiro atoms. The molecule has 3 aromatic rings. The van der Waals surface area contributed by atoms with Crippen molar-refractivity contribution in [3.05, 3.63) is 76.0 Å². The lowest BCUT2D eigenvalue weighted by Crippen LogP contribution is -2.13. The Bertz CT molecular complexity index is 961. The van der Waals surface area contributed by atoms with Crippen LogP contribution in [0.25, 0.3) is 10.9 Å². The molecule has 0 fully saturated rings. The summed E-state index contributed by atoms with van der Waals surface area (Å²) in [6.07, 6.45) is 2.32. The smallest absolute Gasteiger partial charge is 0.326 e. The Balaban J connectivity index is 1.74. The van der Waals surface area contributed by atoms with Crippen molar-refractivity contribution in [3.63, 3.8) is 0 Å². The molecule has 0 aliphatic heterocycles. The first-order valence-electron chi connectivity index (χ1n) is 7.51. The highest BCUT2D eigenvalue weighted by Crippen LogP contribution is 2.21. The molecular formula is C18H14N2O5.